The Morgan fingerprint density at radius 3 is 3.00 bits per heavy atom. The monoisotopic (exact) mass is 163 g/mol. The molecule has 0 radical (unpaired) electrons. The molecule has 0 aromatic carbocycles. The van der Waals surface area contributed by atoms with Crippen LogP contribution in [0.25, 0.3) is 11.1 Å². The summed E-state index contributed by atoms with van der Waals surface area (Å²) in [6.07, 6.45) is 1.62. The van der Waals surface area contributed by atoms with Crippen LogP contribution in [0, 0.1) is 6.92 Å². The summed E-state index contributed by atoms with van der Waals surface area (Å²) in [5.41, 5.74) is 2.45. The van der Waals surface area contributed by atoms with Gasteiger partial charge in [-0.15, -0.1) is 0 Å². The van der Waals surface area contributed by atoms with Crippen molar-refractivity contribution < 1.29 is 4.42 Å². The largest absolute Gasteiger partial charge is 0.461 e. The molecule has 0 saturated carbocycles. The molecule has 2 heterocycles. The summed E-state index contributed by atoms with van der Waals surface area (Å²) in [6.45, 7) is 1.90. The molecular formula is C8H9N3O. The van der Waals surface area contributed by atoms with E-state index in [2.05, 4.69) is 15.3 Å². The van der Waals surface area contributed by atoms with Gasteiger partial charge in [-0.05, 0) is 6.92 Å². The number of aryl methyl sites for hydroxylation is 1. The van der Waals surface area contributed by atoms with Crippen molar-refractivity contribution in [3.63, 3.8) is 0 Å². The molecule has 0 spiro atoms. The van der Waals surface area contributed by atoms with Crippen molar-refractivity contribution in [2.75, 3.05) is 12.4 Å². The van der Waals surface area contributed by atoms with Crippen molar-refractivity contribution in [1.29, 1.82) is 0 Å². The number of nitrogens with one attached hydrogen (secondary N) is 1. The standard InChI is InChI=1S/C8H9N3O/c1-5-7-6(3-4-12-7)11-8(9-2)10-5/h3-4H,1-2H3,(H,9,10,11). The highest BCUT2D eigenvalue weighted by atomic mass is 16.3. The minimum atomic E-state index is 0.626. The van der Waals surface area contributed by atoms with E-state index < -0.39 is 0 Å². The molecule has 12 heavy (non-hydrogen) atoms. The fourth-order valence-electron chi connectivity index (χ4n) is 1.12. The van der Waals surface area contributed by atoms with Gasteiger partial charge >= 0.3 is 0 Å². The third-order valence-corrected chi connectivity index (χ3v) is 1.70. The van der Waals surface area contributed by atoms with E-state index in [9.17, 15) is 0 Å². The summed E-state index contributed by atoms with van der Waals surface area (Å²) in [5.74, 6) is 0.626. The molecule has 1 N–H and O–H groups in total. The lowest BCUT2D eigenvalue weighted by atomic mass is 10.4. The molecule has 0 aliphatic heterocycles. The minimum Gasteiger partial charge on any atom is -0.461 e. The van der Waals surface area contributed by atoms with E-state index in [4.69, 9.17) is 4.42 Å². The molecule has 0 aliphatic rings. The van der Waals surface area contributed by atoms with Gasteiger partial charge in [0.1, 0.15) is 5.52 Å². The Labute approximate surface area is 69.6 Å². The molecule has 0 saturated heterocycles. The molecule has 2 rings (SSSR count). The summed E-state index contributed by atoms with van der Waals surface area (Å²) in [7, 11) is 1.79. The Bertz CT molecular complexity index is 408. The third kappa shape index (κ3) is 0.922. The molecule has 4 nitrogen and oxygen atoms in total. The molecule has 0 aliphatic carbocycles. The van der Waals surface area contributed by atoms with Crippen molar-refractivity contribution in [2.45, 2.75) is 6.92 Å². The van der Waals surface area contributed by atoms with Gasteiger partial charge in [-0.3, -0.25) is 0 Å². The van der Waals surface area contributed by atoms with E-state index in [1.807, 2.05) is 13.0 Å². The maximum absolute atomic E-state index is 5.20. The maximum atomic E-state index is 5.20. The van der Waals surface area contributed by atoms with Gasteiger partial charge in [-0.2, -0.15) is 0 Å². The first-order valence-electron chi connectivity index (χ1n) is 3.71. The highest BCUT2D eigenvalue weighted by Gasteiger charge is 2.04. The van der Waals surface area contributed by atoms with Crippen LogP contribution >= 0.6 is 0 Å². The van der Waals surface area contributed by atoms with E-state index in [-0.39, 0.29) is 0 Å². The molecule has 62 valence electrons. The van der Waals surface area contributed by atoms with E-state index in [1.54, 1.807) is 13.3 Å². The topological polar surface area (TPSA) is 51.0 Å². The molecule has 0 unspecified atom stereocenters. The lowest BCUT2D eigenvalue weighted by Crippen LogP contribution is -1.97. The molecule has 0 atom stereocenters. The summed E-state index contributed by atoms with van der Waals surface area (Å²) >= 11 is 0. The van der Waals surface area contributed by atoms with Crippen LogP contribution in [0.5, 0.6) is 0 Å². The molecule has 2 aromatic heterocycles. The maximum Gasteiger partial charge on any atom is 0.223 e. The van der Waals surface area contributed by atoms with Crippen molar-refractivity contribution in [3.05, 3.63) is 18.0 Å². The number of furan rings is 1. The fraction of sp³-hybridized carbons (Fsp3) is 0.250. The summed E-state index contributed by atoms with van der Waals surface area (Å²) in [6, 6.07) is 1.82. The third-order valence-electron chi connectivity index (χ3n) is 1.70. The van der Waals surface area contributed by atoms with Crippen LogP contribution in [0.1, 0.15) is 5.69 Å². The Morgan fingerprint density at radius 2 is 2.25 bits per heavy atom. The van der Waals surface area contributed by atoms with Crippen LogP contribution in [0.15, 0.2) is 16.7 Å². The van der Waals surface area contributed by atoms with Crippen molar-refractivity contribution in [2.24, 2.45) is 0 Å². The summed E-state index contributed by atoms with van der Waals surface area (Å²) in [4.78, 5) is 8.37. The molecule has 2 aromatic rings. The number of nitrogens with zero attached hydrogens (tertiary/aromatic N) is 2. The van der Waals surface area contributed by atoms with Crippen LogP contribution in [0.3, 0.4) is 0 Å². The summed E-state index contributed by atoms with van der Waals surface area (Å²) < 4.78 is 5.20. The molecule has 0 fully saturated rings. The quantitative estimate of drug-likeness (QED) is 0.693. The number of anilines is 1. The van der Waals surface area contributed by atoms with Gasteiger partial charge in [0.25, 0.3) is 0 Å². The Balaban J connectivity index is 2.75. The smallest absolute Gasteiger partial charge is 0.223 e. The summed E-state index contributed by atoms with van der Waals surface area (Å²) in [5, 5.41) is 2.89. The van der Waals surface area contributed by atoms with Crippen LogP contribution in [-0.4, -0.2) is 17.0 Å². The van der Waals surface area contributed by atoms with Crippen LogP contribution in [0.2, 0.25) is 0 Å². The molecule has 4 heteroatoms. The zero-order valence-corrected chi connectivity index (χ0v) is 6.96. The number of rotatable bonds is 1. The SMILES string of the molecule is CNc1nc(C)c2occc2n1. The Kier molecular flexibility index (Phi) is 1.46. The van der Waals surface area contributed by atoms with Gasteiger partial charge in [-0.25, -0.2) is 9.97 Å². The van der Waals surface area contributed by atoms with Crippen LogP contribution in [-0.2, 0) is 0 Å². The Morgan fingerprint density at radius 1 is 1.42 bits per heavy atom. The second kappa shape index (κ2) is 2.48. The van der Waals surface area contributed by atoms with Crippen molar-refractivity contribution in [1.82, 2.24) is 9.97 Å². The van der Waals surface area contributed by atoms with Crippen molar-refractivity contribution in [3.8, 4) is 0 Å². The highest BCUT2D eigenvalue weighted by molar-refractivity contribution is 5.75. The van der Waals surface area contributed by atoms with Gasteiger partial charge in [0.05, 0.1) is 12.0 Å². The number of hydrogen-bond acceptors (Lipinski definition) is 4. The van der Waals surface area contributed by atoms with Crippen LogP contribution < -0.4 is 5.32 Å². The highest BCUT2D eigenvalue weighted by Crippen LogP contribution is 2.17. The second-order valence-corrected chi connectivity index (χ2v) is 2.52. The first kappa shape index (κ1) is 7.09. The van der Waals surface area contributed by atoms with Gasteiger partial charge in [0.15, 0.2) is 5.58 Å². The van der Waals surface area contributed by atoms with Crippen molar-refractivity contribution >= 4 is 17.0 Å². The normalized spacial score (nSPS) is 10.5. The predicted octanol–water partition coefficient (Wildman–Crippen LogP) is 1.57. The van der Waals surface area contributed by atoms with E-state index in [1.165, 1.54) is 0 Å². The number of hydrogen-bond donors (Lipinski definition) is 1. The van der Waals surface area contributed by atoms with Crippen LogP contribution in [0.4, 0.5) is 5.95 Å². The van der Waals surface area contributed by atoms with E-state index >= 15 is 0 Å². The van der Waals surface area contributed by atoms with Gasteiger partial charge in [0.2, 0.25) is 5.95 Å². The second-order valence-electron chi connectivity index (χ2n) is 2.52. The zero-order chi connectivity index (χ0) is 8.55. The molecule has 0 amide bonds. The number of aromatic nitrogens is 2. The molecule has 0 bridgehead atoms. The van der Waals surface area contributed by atoms with Gasteiger partial charge in [0, 0.05) is 13.1 Å². The number of fused-ring (bicyclic) bond motifs is 1. The lowest BCUT2D eigenvalue weighted by molar-refractivity contribution is 0.610. The first-order valence-corrected chi connectivity index (χ1v) is 3.71. The lowest BCUT2D eigenvalue weighted by Gasteiger charge is -1.98. The predicted molar refractivity (Wildman–Crippen MR) is 46.1 cm³/mol. The van der Waals surface area contributed by atoms with E-state index in [0.717, 1.165) is 16.8 Å². The minimum absolute atomic E-state index is 0.626. The van der Waals surface area contributed by atoms with Gasteiger partial charge in [-0.1, -0.05) is 0 Å². The van der Waals surface area contributed by atoms with Gasteiger partial charge < -0.3 is 9.73 Å². The first-order chi connectivity index (χ1) is 5.81. The van der Waals surface area contributed by atoms with E-state index in [0.29, 0.717) is 5.95 Å². The Hall–Kier alpha value is -1.58. The average Bonchev–Trinajstić information content (AvgIpc) is 2.52. The average molecular weight is 163 g/mol. The molecular weight excluding hydrogens is 154 g/mol. The zero-order valence-electron chi connectivity index (χ0n) is 6.96. The fourth-order valence-corrected chi connectivity index (χ4v) is 1.12.